The summed E-state index contributed by atoms with van der Waals surface area (Å²) in [6.07, 6.45) is 6.53. The standard InChI is InChI=1S/C20H41N5/c1-5-25-12-8-9-19(25)14-23-20(21-4)22-10-6-7-11-24-15-17(2)13-18(3)16-24/h17-19H,5-16H2,1-4H3,(H2,21,22,23). The highest BCUT2D eigenvalue weighted by Crippen LogP contribution is 2.21. The lowest BCUT2D eigenvalue weighted by Gasteiger charge is -2.34. The highest BCUT2D eigenvalue weighted by Gasteiger charge is 2.23. The maximum Gasteiger partial charge on any atom is 0.191 e. The van der Waals surface area contributed by atoms with Gasteiger partial charge in [-0.15, -0.1) is 0 Å². The van der Waals surface area contributed by atoms with Gasteiger partial charge in [0, 0.05) is 39.3 Å². The van der Waals surface area contributed by atoms with Crippen LogP contribution in [0.15, 0.2) is 4.99 Å². The van der Waals surface area contributed by atoms with Crippen LogP contribution in [0.25, 0.3) is 0 Å². The Morgan fingerprint density at radius 1 is 1.12 bits per heavy atom. The molecule has 2 saturated heterocycles. The number of unbranched alkanes of at least 4 members (excludes halogenated alkanes) is 1. The van der Waals surface area contributed by atoms with Crippen LogP contribution in [0.2, 0.25) is 0 Å². The molecule has 2 fully saturated rings. The number of likely N-dealkylation sites (tertiary alicyclic amines) is 2. The van der Waals surface area contributed by atoms with Gasteiger partial charge in [0.2, 0.25) is 0 Å². The SMILES string of the molecule is CCN1CCCC1CNC(=NC)NCCCCN1CC(C)CC(C)C1. The van der Waals surface area contributed by atoms with E-state index in [0.29, 0.717) is 6.04 Å². The fourth-order valence-corrected chi connectivity index (χ4v) is 4.62. The molecule has 0 aromatic rings. The monoisotopic (exact) mass is 351 g/mol. The van der Waals surface area contributed by atoms with Gasteiger partial charge in [-0.25, -0.2) is 0 Å². The average molecular weight is 352 g/mol. The third-order valence-corrected chi connectivity index (χ3v) is 5.77. The number of aliphatic imine (C=N–C) groups is 1. The molecule has 5 heteroatoms. The van der Waals surface area contributed by atoms with E-state index < -0.39 is 0 Å². The van der Waals surface area contributed by atoms with Gasteiger partial charge in [0.05, 0.1) is 0 Å². The molecule has 2 rings (SSSR count). The molecule has 3 unspecified atom stereocenters. The number of nitrogens with zero attached hydrogens (tertiary/aromatic N) is 3. The highest BCUT2D eigenvalue weighted by atomic mass is 15.2. The molecule has 0 amide bonds. The molecular weight excluding hydrogens is 310 g/mol. The first-order valence-electron chi connectivity index (χ1n) is 10.5. The Morgan fingerprint density at radius 3 is 2.56 bits per heavy atom. The molecule has 0 spiro atoms. The van der Waals surface area contributed by atoms with Gasteiger partial charge in [-0.05, 0) is 63.6 Å². The Balaban J connectivity index is 1.55. The molecule has 2 N–H and O–H groups in total. The summed E-state index contributed by atoms with van der Waals surface area (Å²) < 4.78 is 0. The number of nitrogens with one attached hydrogen (secondary N) is 2. The summed E-state index contributed by atoms with van der Waals surface area (Å²) in [5, 5.41) is 7.00. The first-order chi connectivity index (χ1) is 12.1. The Hall–Kier alpha value is -0.810. The number of piperidine rings is 1. The molecule has 2 aliphatic rings. The summed E-state index contributed by atoms with van der Waals surface area (Å²) in [5.74, 6) is 2.69. The van der Waals surface area contributed by atoms with Crippen molar-refractivity contribution in [3.63, 3.8) is 0 Å². The van der Waals surface area contributed by atoms with Crippen molar-refractivity contribution in [3.8, 4) is 0 Å². The molecule has 0 radical (unpaired) electrons. The predicted molar refractivity (Wildman–Crippen MR) is 108 cm³/mol. The number of hydrogen-bond acceptors (Lipinski definition) is 3. The summed E-state index contributed by atoms with van der Waals surface area (Å²) in [5.41, 5.74) is 0. The zero-order valence-electron chi connectivity index (χ0n) is 17.1. The molecule has 146 valence electrons. The smallest absolute Gasteiger partial charge is 0.191 e. The molecule has 0 aromatic carbocycles. The van der Waals surface area contributed by atoms with Gasteiger partial charge >= 0.3 is 0 Å². The first kappa shape index (κ1) is 20.5. The molecule has 0 saturated carbocycles. The van der Waals surface area contributed by atoms with E-state index in [1.807, 2.05) is 7.05 Å². The van der Waals surface area contributed by atoms with Crippen molar-refractivity contribution in [2.45, 2.75) is 58.9 Å². The van der Waals surface area contributed by atoms with E-state index in [1.54, 1.807) is 0 Å². The van der Waals surface area contributed by atoms with E-state index >= 15 is 0 Å². The molecule has 5 nitrogen and oxygen atoms in total. The lowest BCUT2D eigenvalue weighted by atomic mass is 9.92. The van der Waals surface area contributed by atoms with Crippen LogP contribution in [0.3, 0.4) is 0 Å². The minimum absolute atomic E-state index is 0.673. The Bertz CT molecular complexity index is 388. The number of guanidine groups is 1. The van der Waals surface area contributed by atoms with Gasteiger partial charge < -0.3 is 15.5 Å². The second kappa shape index (κ2) is 11.0. The number of hydrogen-bond donors (Lipinski definition) is 2. The normalized spacial score (nSPS) is 29.1. The molecular formula is C20H41N5. The summed E-state index contributed by atoms with van der Waals surface area (Å²) in [7, 11) is 1.87. The van der Waals surface area contributed by atoms with Gasteiger partial charge in [-0.3, -0.25) is 9.89 Å². The van der Waals surface area contributed by atoms with Crippen molar-refractivity contribution in [2.75, 3.05) is 52.9 Å². The van der Waals surface area contributed by atoms with Crippen LogP contribution in [-0.4, -0.2) is 74.7 Å². The molecule has 0 aliphatic carbocycles. The number of likely N-dealkylation sites (N-methyl/N-ethyl adjacent to an activating group) is 1. The van der Waals surface area contributed by atoms with Crippen LogP contribution in [0.4, 0.5) is 0 Å². The van der Waals surface area contributed by atoms with Crippen molar-refractivity contribution in [2.24, 2.45) is 16.8 Å². The zero-order valence-corrected chi connectivity index (χ0v) is 17.1. The fraction of sp³-hybridized carbons (Fsp3) is 0.950. The molecule has 2 heterocycles. The molecule has 2 aliphatic heterocycles. The quantitative estimate of drug-likeness (QED) is 0.400. The van der Waals surface area contributed by atoms with Crippen LogP contribution < -0.4 is 10.6 Å². The predicted octanol–water partition coefficient (Wildman–Crippen LogP) is 2.39. The maximum atomic E-state index is 4.37. The molecule has 25 heavy (non-hydrogen) atoms. The van der Waals surface area contributed by atoms with Gasteiger partial charge in [0.1, 0.15) is 0 Å². The summed E-state index contributed by atoms with van der Waals surface area (Å²) in [6, 6.07) is 0.673. The van der Waals surface area contributed by atoms with Crippen molar-refractivity contribution in [1.82, 2.24) is 20.4 Å². The van der Waals surface area contributed by atoms with Crippen molar-refractivity contribution >= 4 is 5.96 Å². The summed E-state index contributed by atoms with van der Waals surface area (Å²) >= 11 is 0. The minimum atomic E-state index is 0.673. The summed E-state index contributed by atoms with van der Waals surface area (Å²) in [4.78, 5) is 9.60. The first-order valence-corrected chi connectivity index (χ1v) is 10.5. The van der Waals surface area contributed by atoms with Crippen molar-refractivity contribution in [1.29, 1.82) is 0 Å². The van der Waals surface area contributed by atoms with Crippen molar-refractivity contribution < 1.29 is 0 Å². The van der Waals surface area contributed by atoms with Gasteiger partial charge in [-0.2, -0.15) is 0 Å². The second-order valence-corrected chi connectivity index (χ2v) is 8.22. The average Bonchev–Trinajstić information content (AvgIpc) is 3.04. The van der Waals surface area contributed by atoms with Gasteiger partial charge in [0.25, 0.3) is 0 Å². The van der Waals surface area contributed by atoms with Crippen LogP contribution in [-0.2, 0) is 0 Å². The van der Waals surface area contributed by atoms with Crippen LogP contribution in [0, 0.1) is 11.8 Å². The minimum Gasteiger partial charge on any atom is -0.356 e. The van der Waals surface area contributed by atoms with E-state index in [9.17, 15) is 0 Å². The van der Waals surface area contributed by atoms with Gasteiger partial charge in [-0.1, -0.05) is 20.8 Å². The lowest BCUT2D eigenvalue weighted by Crippen LogP contribution is -2.45. The van der Waals surface area contributed by atoms with Crippen LogP contribution in [0.5, 0.6) is 0 Å². The van der Waals surface area contributed by atoms with Gasteiger partial charge in [0.15, 0.2) is 5.96 Å². The third kappa shape index (κ3) is 7.14. The number of rotatable bonds is 8. The van der Waals surface area contributed by atoms with E-state index in [2.05, 4.69) is 46.2 Å². The fourth-order valence-electron chi connectivity index (χ4n) is 4.62. The third-order valence-electron chi connectivity index (χ3n) is 5.77. The maximum absolute atomic E-state index is 4.37. The molecule has 0 bridgehead atoms. The second-order valence-electron chi connectivity index (χ2n) is 8.22. The zero-order chi connectivity index (χ0) is 18.1. The molecule has 3 atom stereocenters. The van der Waals surface area contributed by atoms with E-state index in [4.69, 9.17) is 0 Å². The topological polar surface area (TPSA) is 42.9 Å². The van der Waals surface area contributed by atoms with Crippen LogP contribution in [0.1, 0.15) is 52.9 Å². The lowest BCUT2D eigenvalue weighted by molar-refractivity contribution is 0.139. The Morgan fingerprint density at radius 2 is 1.88 bits per heavy atom. The Labute approximate surface area is 155 Å². The summed E-state index contributed by atoms with van der Waals surface area (Å²) in [6.45, 7) is 15.3. The highest BCUT2D eigenvalue weighted by molar-refractivity contribution is 5.79. The Kier molecular flexibility index (Phi) is 9.04. The van der Waals surface area contributed by atoms with E-state index in [1.165, 1.54) is 58.3 Å². The molecule has 0 aromatic heterocycles. The van der Waals surface area contributed by atoms with Crippen LogP contribution >= 0.6 is 0 Å². The van der Waals surface area contributed by atoms with Crippen molar-refractivity contribution in [3.05, 3.63) is 0 Å². The van der Waals surface area contributed by atoms with E-state index in [0.717, 1.165) is 37.4 Å². The van der Waals surface area contributed by atoms with E-state index in [-0.39, 0.29) is 0 Å². The largest absolute Gasteiger partial charge is 0.356 e.